The minimum atomic E-state index is 0.443. The predicted molar refractivity (Wildman–Crippen MR) is 83.9 cm³/mol. The van der Waals surface area contributed by atoms with Gasteiger partial charge in [0.15, 0.2) is 0 Å². The Hall–Kier alpha value is -1.98. The number of aromatic nitrogens is 2. The molecule has 1 aliphatic heterocycles. The third-order valence-electron chi connectivity index (χ3n) is 3.85. The maximum atomic E-state index is 5.55. The molecule has 0 radical (unpaired) electrons. The average Bonchev–Trinajstić information content (AvgIpc) is 2.57. The molecule has 2 heterocycles. The molecule has 0 amide bonds. The van der Waals surface area contributed by atoms with Crippen LogP contribution in [0.2, 0.25) is 0 Å². The molecular weight excluding hydrogens is 262 g/mol. The summed E-state index contributed by atoms with van der Waals surface area (Å²) in [7, 11) is 0. The fourth-order valence-electron chi connectivity index (χ4n) is 2.59. The van der Waals surface area contributed by atoms with Crippen molar-refractivity contribution in [1.29, 1.82) is 0 Å². The van der Waals surface area contributed by atoms with Gasteiger partial charge < -0.3 is 10.6 Å². The van der Waals surface area contributed by atoms with Crippen LogP contribution in [0.4, 0.5) is 5.82 Å². The molecule has 0 atom stereocenters. The summed E-state index contributed by atoms with van der Waals surface area (Å²) in [6, 6.07) is 10.6. The van der Waals surface area contributed by atoms with Crippen molar-refractivity contribution < 1.29 is 0 Å². The van der Waals surface area contributed by atoms with Crippen LogP contribution in [0, 0.1) is 0 Å². The van der Waals surface area contributed by atoms with E-state index in [1.807, 2.05) is 6.20 Å². The lowest BCUT2D eigenvalue weighted by Crippen LogP contribution is -2.46. The summed E-state index contributed by atoms with van der Waals surface area (Å²) in [6.07, 6.45) is 3.60. The van der Waals surface area contributed by atoms with Gasteiger partial charge in [0.2, 0.25) is 0 Å². The Morgan fingerprint density at radius 1 is 0.952 bits per heavy atom. The van der Waals surface area contributed by atoms with E-state index in [2.05, 4.69) is 50.1 Å². The summed E-state index contributed by atoms with van der Waals surface area (Å²) in [5.41, 5.74) is 7.75. The molecule has 3 rings (SSSR count). The Morgan fingerprint density at radius 2 is 1.71 bits per heavy atom. The van der Waals surface area contributed by atoms with Crippen LogP contribution in [0.25, 0.3) is 0 Å². The highest BCUT2D eigenvalue weighted by atomic mass is 15.3. The number of benzene rings is 1. The molecule has 0 unspecified atom stereocenters. The van der Waals surface area contributed by atoms with E-state index in [-0.39, 0.29) is 0 Å². The van der Waals surface area contributed by atoms with Gasteiger partial charge in [-0.2, -0.15) is 0 Å². The maximum absolute atomic E-state index is 5.55. The molecule has 0 aliphatic carbocycles. The van der Waals surface area contributed by atoms with E-state index in [4.69, 9.17) is 5.73 Å². The summed E-state index contributed by atoms with van der Waals surface area (Å²) >= 11 is 0. The summed E-state index contributed by atoms with van der Waals surface area (Å²) in [5.74, 6) is 0.951. The number of nitrogens with zero attached hydrogens (tertiary/aromatic N) is 4. The van der Waals surface area contributed by atoms with Crippen LogP contribution in [0.3, 0.4) is 0 Å². The molecule has 2 aromatic rings. The van der Waals surface area contributed by atoms with Crippen LogP contribution in [0.15, 0.2) is 42.7 Å². The lowest BCUT2D eigenvalue weighted by atomic mass is 10.2. The van der Waals surface area contributed by atoms with Crippen LogP contribution in [0.5, 0.6) is 0 Å². The van der Waals surface area contributed by atoms with Crippen LogP contribution >= 0.6 is 0 Å². The molecule has 1 aromatic carbocycles. The molecule has 5 nitrogen and oxygen atoms in total. The minimum absolute atomic E-state index is 0.443. The lowest BCUT2D eigenvalue weighted by molar-refractivity contribution is 0.249. The largest absolute Gasteiger partial charge is 0.353 e. The number of nitrogens with two attached hydrogens (primary N) is 1. The molecule has 110 valence electrons. The van der Waals surface area contributed by atoms with Gasteiger partial charge in [-0.05, 0) is 5.56 Å². The quantitative estimate of drug-likeness (QED) is 0.915. The normalized spacial score (nSPS) is 16.1. The number of hydrogen-bond acceptors (Lipinski definition) is 5. The smallest absolute Gasteiger partial charge is 0.147 e. The van der Waals surface area contributed by atoms with Gasteiger partial charge in [-0.15, -0.1) is 0 Å². The minimum Gasteiger partial charge on any atom is -0.353 e. The van der Waals surface area contributed by atoms with Gasteiger partial charge in [0.25, 0.3) is 0 Å². The van der Waals surface area contributed by atoms with E-state index in [9.17, 15) is 0 Å². The van der Waals surface area contributed by atoms with Gasteiger partial charge in [-0.3, -0.25) is 9.88 Å². The first-order valence-corrected chi connectivity index (χ1v) is 7.37. The Bertz CT molecular complexity index is 547. The van der Waals surface area contributed by atoms with Gasteiger partial charge in [-0.1, -0.05) is 30.3 Å². The molecule has 21 heavy (non-hydrogen) atoms. The molecule has 2 N–H and O–H groups in total. The van der Waals surface area contributed by atoms with Gasteiger partial charge in [0, 0.05) is 39.3 Å². The second-order valence-electron chi connectivity index (χ2n) is 5.32. The van der Waals surface area contributed by atoms with Crippen molar-refractivity contribution in [2.24, 2.45) is 5.73 Å². The van der Waals surface area contributed by atoms with E-state index in [1.54, 1.807) is 6.20 Å². The highest BCUT2D eigenvalue weighted by molar-refractivity contribution is 5.36. The molecule has 5 heteroatoms. The van der Waals surface area contributed by atoms with Gasteiger partial charge in [0.1, 0.15) is 5.82 Å². The summed E-state index contributed by atoms with van der Waals surface area (Å²) in [4.78, 5) is 13.5. The zero-order valence-electron chi connectivity index (χ0n) is 12.2. The maximum Gasteiger partial charge on any atom is 0.147 e. The molecule has 0 saturated carbocycles. The molecule has 0 spiro atoms. The van der Waals surface area contributed by atoms with Crippen molar-refractivity contribution in [1.82, 2.24) is 14.9 Å². The standard InChI is InChI=1S/C16H21N5/c17-10-15-11-19-16(12-18-15)21-8-6-20(7-9-21)13-14-4-2-1-3-5-14/h1-5,11-12H,6-10,13,17H2. The van der Waals surface area contributed by atoms with E-state index < -0.39 is 0 Å². The van der Waals surface area contributed by atoms with E-state index >= 15 is 0 Å². The highest BCUT2D eigenvalue weighted by Gasteiger charge is 2.18. The van der Waals surface area contributed by atoms with Crippen molar-refractivity contribution in [2.75, 3.05) is 31.1 Å². The van der Waals surface area contributed by atoms with Gasteiger partial charge in [0.05, 0.1) is 18.1 Å². The monoisotopic (exact) mass is 283 g/mol. The van der Waals surface area contributed by atoms with Crippen molar-refractivity contribution in [3.63, 3.8) is 0 Å². The SMILES string of the molecule is NCc1cnc(N2CCN(Cc3ccccc3)CC2)cn1. The number of anilines is 1. The van der Waals surface area contributed by atoms with Crippen molar-refractivity contribution >= 4 is 5.82 Å². The zero-order valence-corrected chi connectivity index (χ0v) is 12.2. The summed E-state index contributed by atoms with van der Waals surface area (Å²) in [6.45, 7) is 5.54. The molecule has 1 aliphatic rings. The molecule has 0 bridgehead atoms. The second kappa shape index (κ2) is 6.65. The van der Waals surface area contributed by atoms with Crippen LogP contribution in [-0.2, 0) is 13.1 Å². The fourth-order valence-corrected chi connectivity index (χ4v) is 2.59. The van der Waals surface area contributed by atoms with Crippen LogP contribution in [0.1, 0.15) is 11.3 Å². The average molecular weight is 283 g/mol. The molecule has 1 fully saturated rings. The second-order valence-corrected chi connectivity index (χ2v) is 5.32. The first-order valence-electron chi connectivity index (χ1n) is 7.37. The third kappa shape index (κ3) is 3.56. The first-order chi connectivity index (χ1) is 10.3. The summed E-state index contributed by atoms with van der Waals surface area (Å²) in [5, 5.41) is 0. The molecular formula is C16H21N5. The number of piperazine rings is 1. The van der Waals surface area contributed by atoms with E-state index in [0.29, 0.717) is 6.54 Å². The topological polar surface area (TPSA) is 58.3 Å². The zero-order chi connectivity index (χ0) is 14.5. The predicted octanol–water partition coefficient (Wildman–Crippen LogP) is 1.26. The first kappa shape index (κ1) is 14.0. The van der Waals surface area contributed by atoms with E-state index in [0.717, 1.165) is 44.2 Å². The molecule has 1 saturated heterocycles. The fraction of sp³-hybridized carbons (Fsp3) is 0.375. The molecule has 1 aromatic heterocycles. The van der Waals surface area contributed by atoms with Crippen LogP contribution in [-0.4, -0.2) is 41.0 Å². The van der Waals surface area contributed by atoms with Crippen molar-refractivity contribution in [3.8, 4) is 0 Å². The number of rotatable bonds is 4. The van der Waals surface area contributed by atoms with Crippen molar-refractivity contribution in [3.05, 3.63) is 54.0 Å². The van der Waals surface area contributed by atoms with Crippen LogP contribution < -0.4 is 10.6 Å². The summed E-state index contributed by atoms with van der Waals surface area (Å²) < 4.78 is 0. The van der Waals surface area contributed by atoms with Gasteiger partial charge >= 0.3 is 0 Å². The van der Waals surface area contributed by atoms with Gasteiger partial charge in [-0.25, -0.2) is 4.98 Å². The van der Waals surface area contributed by atoms with Crippen molar-refractivity contribution in [2.45, 2.75) is 13.1 Å². The Kier molecular flexibility index (Phi) is 4.43. The third-order valence-corrected chi connectivity index (χ3v) is 3.85. The Morgan fingerprint density at radius 3 is 2.33 bits per heavy atom. The van der Waals surface area contributed by atoms with E-state index in [1.165, 1.54) is 5.56 Å². The Labute approximate surface area is 125 Å². The lowest BCUT2D eigenvalue weighted by Gasteiger charge is -2.35. The Balaban J connectivity index is 1.54. The highest BCUT2D eigenvalue weighted by Crippen LogP contribution is 2.14. The number of hydrogen-bond donors (Lipinski definition) is 1.